The zero-order chi connectivity index (χ0) is 46.1. The van der Waals surface area contributed by atoms with Crippen LogP contribution >= 0.6 is 0 Å². The first kappa shape index (κ1) is 42.6. The van der Waals surface area contributed by atoms with Crippen molar-refractivity contribution in [3.8, 4) is 17.0 Å². The highest BCUT2D eigenvalue weighted by molar-refractivity contribution is 6.23. The maximum atomic E-state index is 15.5. The molecule has 0 bridgehead atoms. The Morgan fingerprint density at radius 1 is 0.776 bits per heavy atom. The van der Waals surface area contributed by atoms with Crippen LogP contribution in [-0.4, -0.2) is 128 Å². The number of imide groups is 2. The molecule has 3 fully saturated rings. The lowest BCUT2D eigenvalue weighted by atomic mass is 9.93. The second-order valence-corrected chi connectivity index (χ2v) is 18.4. The summed E-state index contributed by atoms with van der Waals surface area (Å²) in [4.78, 5) is 80.6. The number of hydrogen-bond acceptors (Lipinski definition) is 13. The minimum Gasteiger partial charge on any atom is -0.474 e. The van der Waals surface area contributed by atoms with Crippen molar-refractivity contribution < 1.29 is 37.5 Å². The molecule has 6 aliphatic rings. The number of nitrogens with one attached hydrogen (secondary N) is 3. The third-order valence-electron chi connectivity index (χ3n) is 14.4. The molecule has 19 heteroatoms. The van der Waals surface area contributed by atoms with Crippen molar-refractivity contribution >= 4 is 63.3 Å². The number of rotatable bonds is 8. The lowest BCUT2D eigenvalue weighted by Gasteiger charge is -2.41. The van der Waals surface area contributed by atoms with Crippen LogP contribution in [-0.2, 0) is 27.3 Å². The van der Waals surface area contributed by atoms with Gasteiger partial charge in [-0.3, -0.25) is 38.9 Å². The number of carbonyl (C=O) groups excluding carboxylic acids is 5. The van der Waals surface area contributed by atoms with Crippen molar-refractivity contribution in [1.29, 1.82) is 0 Å². The van der Waals surface area contributed by atoms with Gasteiger partial charge < -0.3 is 30.1 Å². The van der Waals surface area contributed by atoms with Gasteiger partial charge >= 0.3 is 0 Å². The Labute approximate surface area is 383 Å². The Kier molecular flexibility index (Phi) is 10.8. The fraction of sp³-hybridized carbons (Fsp3) is 0.417. The Bertz CT molecular complexity index is 2890. The van der Waals surface area contributed by atoms with E-state index in [9.17, 15) is 24.0 Å². The molecule has 1 atom stereocenters. The van der Waals surface area contributed by atoms with E-state index in [1.54, 1.807) is 17.1 Å². The number of carbonyl (C=O) groups is 5. The predicted molar refractivity (Wildman–Crippen MR) is 242 cm³/mol. The normalized spacial score (nSPS) is 20.6. The maximum Gasteiger partial charge on any atom is 0.262 e. The first-order chi connectivity index (χ1) is 32.4. The van der Waals surface area contributed by atoms with E-state index < -0.39 is 35.5 Å². The molecule has 6 aliphatic heterocycles. The molecule has 346 valence electrons. The number of anilines is 4. The number of fused-ring (bicyclic) bond motifs is 4. The van der Waals surface area contributed by atoms with Gasteiger partial charge in [-0.05, 0) is 86.2 Å². The van der Waals surface area contributed by atoms with E-state index in [2.05, 4.69) is 30.8 Å². The molecule has 3 aromatic heterocycles. The Morgan fingerprint density at radius 3 is 2.36 bits per heavy atom. The summed E-state index contributed by atoms with van der Waals surface area (Å²) in [7, 11) is 0. The molecular formula is C48H49F2N11O6. The number of ether oxygens (including phenoxy) is 1. The summed E-state index contributed by atoms with van der Waals surface area (Å²) in [5.74, 6) is -1.42. The lowest BCUT2D eigenvalue weighted by molar-refractivity contribution is -0.136. The van der Waals surface area contributed by atoms with Crippen LogP contribution in [0, 0.1) is 24.5 Å². The second kappa shape index (κ2) is 17.0. The molecule has 5 amide bonds. The van der Waals surface area contributed by atoms with E-state index in [1.807, 2.05) is 34.9 Å². The quantitative estimate of drug-likeness (QED) is 0.181. The number of hydrogen-bond donors (Lipinski definition) is 3. The number of piperidine rings is 3. The second-order valence-electron chi connectivity index (χ2n) is 18.4. The summed E-state index contributed by atoms with van der Waals surface area (Å²) in [6.45, 7) is 7.68. The number of likely N-dealkylation sites (tertiary alicyclic amines) is 1. The van der Waals surface area contributed by atoms with Crippen LogP contribution in [0.15, 0.2) is 48.8 Å². The minimum atomic E-state index is -1.11. The van der Waals surface area contributed by atoms with Crippen LogP contribution in [0.3, 0.4) is 0 Å². The number of pyridine rings is 2. The van der Waals surface area contributed by atoms with E-state index in [0.717, 1.165) is 78.6 Å². The Balaban J connectivity index is 0.669. The maximum absolute atomic E-state index is 15.5. The fourth-order valence-corrected chi connectivity index (χ4v) is 10.7. The Hall–Kier alpha value is -7.02. The molecule has 17 nitrogen and oxygen atoms in total. The monoisotopic (exact) mass is 913 g/mol. The van der Waals surface area contributed by atoms with Crippen LogP contribution in [0.1, 0.15) is 70.5 Å². The highest BCUT2D eigenvalue weighted by Crippen LogP contribution is 2.39. The molecule has 5 aromatic rings. The molecule has 0 saturated carbocycles. The molecule has 9 heterocycles. The minimum absolute atomic E-state index is 0.00998. The van der Waals surface area contributed by atoms with Gasteiger partial charge in [-0.2, -0.15) is 5.10 Å². The van der Waals surface area contributed by atoms with Crippen LogP contribution in [0.5, 0.6) is 5.88 Å². The number of amides is 5. The molecule has 0 aliphatic carbocycles. The molecule has 0 radical (unpaired) electrons. The van der Waals surface area contributed by atoms with E-state index in [-0.39, 0.29) is 54.0 Å². The molecule has 0 spiro atoms. The largest absolute Gasteiger partial charge is 0.474 e. The molecule has 1 unspecified atom stereocenters. The van der Waals surface area contributed by atoms with Crippen LogP contribution in [0.2, 0.25) is 0 Å². The van der Waals surface area contributed by atoms with E-state index >= 15 is 8.78 Å². The van der Waals surface area contributed by atoms with E-state index in [1.165, 1.54) is 12.1 Å². The van der Waals surface area contributed by atoms with Crippen molar-refractivity contribution in [3.05, 3.63) is 82.8 Å². The molecule has 67 heavy (non-hydrogen) atoms. The van der Waals surface area contributed by atoms with Crippen molar-refractivity contribution in [2.24, 2.45) is 5.92 Å². The first-order valence-electron chi connectivity index (χ1n) is 23.1. The topological polar surface area (TPSA) is 187 Å². The average molecular weight is 914 g/mol. The molecule has 11 rings (SSSR count). The first-order valence-corrected chi connectivity index (χ1v) is 23.1. The average Bonchev–Trinajstić information content (AvgIpc) is 3.75. The fourth-order valence-electron chi connectivity index (χ4n) is 10.7. The summed E-state index contributed by atoms with van der Waals surface area (Å²) in [5, 5.41) is 15.0. The van der Waals surface area contributed by atoms with Gasteiger partial charge in [-0.15, -0.1) is 0 Å². The number of benzene rings is 2. The van der Waals surface area contributed by atoms with Gasteiger partial charge in [-0.1, -0.05) is 0 Å². The molecule has 3 saturated heterocycles. The van der Waals surface area contributed by atoms with E-state index in [4.69, 9.17) is 9.84 Å². The highest BCUT2D eigenvalue weighted by atomic mass is 19.1. The van der Waals surface area contributed by atoms with Crippen molar-refractivity contribution in [2.45, 2.75) is 70.5 Å². The third-order valence-corrected chi connectivity index (χ3v) is 14.4. The van der Waals surface area contributed by atoms with Crippen LogP contribution < -0.4 is 25.6 Å². The Morgan fingerprint density at radius 2 is 1.57 bits per heavy atom. The van der Waals surface area contributed by atoms with Gasteiger partial charge in [0.05, 0.1) is 16.8 Å². The summed E-state index contributed by atoms with van der Waals surface area (Å²) >= 11 is 0. The molecular weight excluding hydrogens is 865 g/mol. The molecule has 2 aromatic carbocycles. The van der Waals surface area contributed by atoms with Crippen LogP contribution in [0.25, 0.3) is 21.9 Å². The van der Waals surface area contributed by atoms with Crippen molar-refractivity contribution in [3.63, 3.8) is 0 Å². The van der Waals surface area contributed by atoms with Crippen LogP contribution in [0.4, 0.5) is 31.8 Å². The number of nitrogens with zero attached hydrogens (tertiary/aromatic N) is 8. The number of halogens is 2. The van der Waals surface area contributed by atoms with Gasteiger partial charge in [0.1, 0.15) is 42.3 Å². The van der Waals surface area contributed by atoms with Gasteiger partial charge in [0.25, 0.3) is 11.8 Å². The van der Waals surface area contributed by atoms with Crippen molar-refractivity contribution in [1.82, 2.24) is 39.8 Å². The zero-order valence-corrected chi connectivity index (χ0v) is 36.9. The van der Waals surface area contributed by atoms with Gasteiger partial charge in [-0.25, -0.2) is 18.7 Å². The predicted octanol–water partition coefficient (Wildman–Crippen LogP) is 4.79. The summed E-state index contributed by atoms with van der Waals surface area (Å²) in [5.41, 5.74) is 3.96. The van der Waals surface area contributed by atoms with E-state index in [0.29, 0.717) is 79.2 Å². The summed E-state index contributed by atoms with van der Waals surface area (Å²) in [6.07, 6.45) is 7.39. The van der Waals surface area contributed by atoms with Gasteiger partial charge in [0.2, 0.25) is 23.6 Å². The smallest absolute Gasteiger partial charge is 0.262 e. The standard InChI is InChI=1S/C48H49F2N11O6/c1-26-35(23-53-46-44(26)51-9-15-67-46)32-16-28-18-40(52-22-29(28)17-36(32)49)54-41-19-31-8-14-59(43(63)25-60(31)56-41)30-6-10-57(11-7-30)24-27-4-12-58(13-5-27)39-21-34-33(20-37(39)50)47(65)61(48(34)66)38-2-3-42(62)55-45(38)64/h16-23,27,30,38,51H,2-15,24-25H2,1H3,(H,52,54,56)(H,55,62,64). The number of aromatic nitrogens is 4. The van der Waals surface area contributed by atoms with Crippen molar-refractivity contribution in [2.75, 3.05) is 68.0 Å². The molecule has 3 N–H and O–H groups in total. The highest BCUT2D eigenvalue weighted by Gasteiger charge is 2.45. The van der Waals surface area contributed by atoms with Gasteiger partial charge in [0.15, 0.2) is 5.82 Å². The lowest BCUT2D eigenvalue weighted by Crippen LogP contribution is -2.54. The summed E-state index contributed by atoms with van der Waals surface area (Å²) < 4.78 is 38.4. The zero-order valence-electron chi connectivity index (χ0n) is 36.9. The van der Waals surface area contributed by atoms with Gasteiger partial charge in [0, 0.05) is 105 Å². The SMILES string of the molecule is Cc1c(-c2cc3cc(Nc4cc5n(n4)CC(=O)N(C4CCN(CC6CCN(c7cc8c(cc7F)C(=O)N(C7CCC(=O)NC7=O)C8=O)CC6)CC4)CC5)ncc3cc2F)cnc2c1NCCO2. The summed E-state index contributed by atoms with van der Waals surface area (Å²) in [6, 6.07) is 8.67. The third kappa shape index (κ3) is 7.87.